The van der Waals surface area contributed by atoms with Gasteiger partial charge in [-0.2, -0.15) is 0 Å². The Balaban J connectivity index is 1.19. The van der Waals surface area contributed by atoms with Crippen LogP contribution in [-0.4, -0.2) is 27.1 Å². The van der Waals surface area contributed by atoms with Crippen molar-refractivity contribution in [1.82, 2.24) is 0 Å². The van der Waals surface area contributed by atoms with Gasteiger partial charge < -0.3 is 10.0 Å². The number of rotatable bonds is 7. The van der Waals surface area contributed by atoms with Gasteiger partial charge in [0.15, 0.2) is 5.78 Å². The molecule has 1 saturated heterocycles. The van der Waals surface area contributed by atoms with Crippen LogP contribution < -0.4 is 4.90 Å². The summed E-state index contributed by atoms with van der Waals surface area (Å²) in [4.78, 5) is 27.2. The fraction of sp³-hybridized carbons (Fsp3) is 0.184. The molecule has 4 nitrogen and oxygen atoms in total. The van der Waals surface area contributed by atoms with Crippen LogP contribution in [0.2, 0.25) is 0 Å². The number of fused-ring (bicyclic) bond motifs is 3. The Bertz CT molecular complexity index is 1770. The smallest absolute Gasteiger partial charge is 0.304 e. The predicted molar refractivity (Wildman–Crippen MR) is 184 cm³/mol. The summed E-state index contributed by atoms with van der Waals surface area (Å²) in [5.41, 5.74) is 9.41. The quantitative estimate of drug-likeness (QED) is 0.127. The summed E-state index contributed by atoms with van der Waals surface area (Å²) in [6.45, 7) is 0. The van der Waals surface area contributed by atoms with Gasteiger partial charge in [-0.25, -0.2) is 0 Å². The van der Waals surface area contributed by atoms with Gasteiger partial charge >= 0.3 is 5.97 Å². The van der Waals surface area contributed by atoms with Gasteiger partial charge in [-0.3, -0.25) is 9.59 Å². The number of thioether (sulfide) groups is 1. The molecule has 0 amide bonds. The Morgan fingerprint density at radius 2 is 1.55 bits per heavy atom. The first kappa shape index (κ1) is 28.5. The van der Waals surface area contributed by atoms with E-state index in [4.69, 9.17) is 12.2 Å². The van der Waals surface area contributed by atoms with Crippen molar-refractivity contribution in [1.29, 1.82) is 0 Å². The Morgan fingerprint density at radius 1 is 0.886 bits per heavy atom. The van der Waals surface area contributed by atoms with E-state index in [2.05, 4.69) is 102 Å². The number of Topliss-reactive ketones (excluding diaryl/α,β-unsaturated/α-hetero) is 1. The summed E-state index contributed by atoms with van der Waals surface area (Å²) >= 11 is 6.58. The first-order valence-electron chi connectivity index (χ1n) is 15.0. The second-order valence-corrected chi connectivity index (χ2v) is 13.4. The first-order valence-corrected chi connectivity index (χ1v) is 16.2. The van der Waals surface area contributed by atoms with Crippen LogP contribution >= 0.6 is 24.0 Å². The molecule has 44 heavy (non-hydrogen) atoms. The van der Waals surface area contributed by atoms with E-state index in [0.717, 1.165) is 24.0 Å². The average molecular weight is 614 g/mol. The van der Waals surface area contributed by atoms with Crippen molar-refractivity contribution < 1.29 is 14.7 Å². The van der Waals surface area contributed by atoms with Crippen molar-refractivity contribution in [2.75, 3.05) is 4.90 Å². The Hall–Kier alpha value is -4.26. The highest BCUT2D eigenvalue weighted by atomic mass is 32.2. The molecular formula is C38H31NO3S2. The lowest BCUT2D eigenvalue weighted by atomic mass is 9.95. The first-order chi connectivity index (χ1) is 21.5. The van der Waals surface area contributed by atoms with Crippen molar-refractivity contribution in [2.45, 2.75) is 37.6 Å². The summed E-state index contributed by atoms with van der Waals surface area (Å²) in [6.07, 6.45) is 7.37. The van der Waals surface area contributed by atoms with Crippen molar-refractivity contribution in [3.8, 4) is 0 Å². The van der Waals surface area contributed by atoms with E-state index < -0.39 is 11.9 Å². The highest BCUT2D eigenvalue weighted by molar-refractivity contribution is 8.27. The molecule has 3 atom stereocenters. The minimum Gasteiger partial charge on any atom is -0.481 e. The molecule has 1 aliphatic carbocycles. The van der Waals surface area contributed by atoms with Crippen LogP contribution in [0.1, 0.15) is 59.4 Å². The fourth-order valence-corrected chi connectivity index (χ4v) is 8.33. The minimum atomic E-state index is -1.01. The molecule has 0 radical (unpaired) electrons. The maximum Gasteiger partial charge on any atom is 0.304 e. The fourth-order valence-electron chi connectivity index (χ4n) is 6.88. The van der Waals surface area contributed by atoms with Crippen LogP contribution in [0.15, 0.2) is 108 Å². The van der Waals surface area contributed by atoms with Gasteiger partial charge in [0.05, 0.1) is 21.4 Å². The molecule has 0 spiro atoms. The third-order valence-electron chi connectivity index (χ3n) is 8.90. The van der Waals surface area contributed by atoms with E-state index >= 15 is 0 Å². The molecule has 3 unspecified atom stereocenters. The molecule has 7 rings (SSSR count). The third-order valence-corrected chi connectivity index (χ3v) is 10.5. The van der Waals surface area contributed by atoms with Crippen LogP contribution in [-0.2, 0) is 9.59 Å². The Morgan fingerprint density at radius 3 is 2.20 bits per heavy atom. The molecule has 3 aliphatic rings. The normalized spacial score (nSPS) is 21.4. The maximum absolute atomic E-state index is 12.9. The molecule has 2 heterocycles. The monoisotopic (exact) mass is 613 g/mol. The number of thiocarbonyl (C=S) groups is 1. The standard InChI is InChI=1S/C38H31NO3S2/c40-36(41)23-32-37(42)35(44-38(32)43)22-25-16-19-34-31(21-25)29-12-7-13-33(29)39(34)28-17-14-24(15-18-28)20-30(26-8-3-1-4-9-26)27-10-5-2-6-11-27/h1-6,8-11,14-22,29,32-33H,7,12-13,23H2,(H,40,41). The Kier molecular flexibility index (Phi) is 7.79. The van der Waals surface area contributed by atoms with E-state index in [0.29, 0.717) is 21.1 Å². The van der Waals surface area contributed by atoms with Crippen molar-refractivity contribution >= 4 is 69.0 Å². The van der Waals surface area contributed by atoms with Crippen molar-refractivity contribution in [3.63, 3.8) is 0 Å². The van der Waals surface area contributed by atoms with Gasteiger partial charge in [0.25, 0.3) is 0 Å². The number of hydrogen-bond acceptors (Lipinski definition) is 5. The summed E-state index contributed by atoms with van der Waals surface area (Å²) in [5, 5.41) is 9.20. The van der Waals surface area contributed by atoms with Crippen LogP contribution in [0.5, 0.6) is 0 Å². The maximum atomic E-state index is 12.9. The number of ketones is 1. The van der Waals surface area contributed by atoms with Crippen LogP contribution in [0.25, 0.3) is 17.7 Å². The number of carboxylic acids is 1. The predicted octanol–water partition coefficient (Wildman–Crippen LogP) is 9.14. The molecule has 0 aromatic heterocycles. The molecule has 2 aliphatic heterocycles. The minimum absolute atomic E-state index is 0.180. The van der Waals surface area contributed by atoms with E-state index in [1.54, 1.807) is 0 Å². The number of nitrogens with zero attached hydrogens (tertiary/aromatic N) is 1. The Labute approximate surface area is 267 Å². The lowest BCUT2D eigenvalue weighted by molar-refractivity contribution is -0.139. The van der Waals surface area contributed by atoms with E-state index in [1.165, 1.54) is 51.8 Å². The van der Waals surface area contributed by atoms with Crippen LogP contribution in [0.3, 0.4) is 0 Å². The van der Waals surface area contributed by atoms with Gasteiger partial charge in [-0.15, -0.1) is 0 Å². The molecule has 1 N–H and O–H groups in total. The number of benzene rings is 4. The van der Waals surface area contributed by atoms with Crippen molar-refractivity contribution in [2.24, 2.45) is 5.92 Å². The van der Waals surface area contributed by atoms with Crippen molar-refractivity contribution in [3.05, 3.63) is 136 Å². The topological polar surface area (TPSA) is 57.6 Å². The molecule has 4 aromatic carbocycles. The highest BCUT2D eigenvalue weighted by Gasteiger charge is 2.42. The van der Waals surface area contributed by atoms with E-state index in [1.807, 2.05) is 18.2 Å². The second kappa shape index (κ2) is 12.0. The molecule has 0 bridgehead atoms. The lowest BCUT2D eigenvalue weighted by Gasteiger charge is -2.27. The number of carbonyl (C=O) groups excluding carboxylic acids is 1. The van der Waals surface area contributed by atoms with Crippen LogP contribution in [0.4, 0.5) is 11.4 Å². The van der Waals surface area contributed by atoms with Gasteiger partial charge in [0, 0.05) is 23.3 Å². The number of carboxylic acid groups (broad SMARTS) is 1. The molecule has 218 valence electrons. The molecule has 6 heteroatoms. The summed E-state index contributed by atoms with van der Waals surface area (Å²) in [6, 6.07) is 36.8. The number of hydrogen-bond donors (Lipinski definition) is 1. The summed E-state index contributed by atoms with van der Waals surface area (Å²) < 4.78 is 0.449. The molecule has 1 saturated carbocycles. The zero-order chi connectivity index (χ0) is 30.2. The average Bonchev–Trinajstić information content (AvgIpc) is 3.71. The van der Waals surface area contributed by atoms with Gasteiger partial charge in [-0.05, 0) is 82.6 Å². The largest absolute Gasteiger partial charge is 0.481 e. The zero-order valence-electron chi connectivity index (χ0n) is 24.1. The van der Waals surface area contributed by atoms with Gasteiger partial charge in [-0.1, -0.05) is 109 Å². The lowest BCUT2D eigenvalue weighted by Crippen LogP contribution is -2.26. The number of carbonyl (C=O) groups is 2. The highest BCUT2D eigenvalue weighted by Crippen LogP contribution is 2.52. The number of aliphatic carboxylic acids is 1. The zero-order valence-corrected chi connectivity index (χ0v) is 25.7. The van der Waals surface area contributed by atoms with E-state index in [9.17, 15) is 14.7 Å². The molecule has 2 fully saturated rings. The second-order valence-electron chi connectivity index (χ2n) is 11.6. The third kappa shape index (κ3) is 5.44. The molecular weight excluding hydrogens is 583 g/mol. The molecule has 4 aromatic rings. The van der Waals surface area contributed by atoms with Crippen LogP contribution in [0, 0.1) is 5.92 Å². The van der Waals surface area contributed by atoms with Gasteiger partial charge in [0.1, 0.15) is 0 Å². The SMILES string of the molecule is O=C(O)CC1C(=O)C(=Cc2ccc3c(c2)C2CCCC2N3c2ccc(C=C(c3ccccc3)c3ccccc3)cc2)SC1=S. The number of anilines is 2. The summed E-state index contributed by atoms with van der Waals surface area (Å²) in [5.74, 6) is -1.47. The number of allylic oxidation sites excluding steroid dienone is 1. The van der Waals surface area contributed by atoms with Gasteiger partial charge in [0.2, 0.25) is 0 Å². The van der Waals surface area contributed by atoms with E-state index in [-0.39, 0.29) is 12.2 Å². The summed E-state index contributed by atoms with van der Waals surface area (Å²) in [7, 11) is 0.